The first-order valence-electron chi connectivity index (χ1n) is 10.2. The van der Waals surface area contributed by atoms with Gasteiger partial charge < -0.3 is 19.7 Å². The Bertz CT molecular complexity index is 967. The molecule has 1 aliphatic rings. The molecule has 32 heavy (non-hydrogen) atoms. The minimum Gasteiger partial charge on any atom is -0.442 e. The molecule has 0 aromatic heterocycles. The molecule has 1 N–H and O–H groups in total. The molecule has 1 atom stereocenters. The van der Waals surface area contributed by atoms with Crippen molar-refractivity contribution in [3.8, 4) is 11.1 Å². The summed E-state index contributed by atoms with van der Waals surface area (Å²) in [6.45, 7) is 3.19. The van der Waals surface area contributed by atoms with E-state index in [9.17, 15) is 18.8 Å². The number of hydrogen-bond donors (Lipinski definition) is 1. The third-order valence-corrected chi connectivity index (χ3v) is 5.10. The van der Waals surface area contributed by atoms with E-state index in [0.29, 0.717) is 36.5 Å². The van der Waals surface area contributed by atoms with Crippen molar-refractivity contribution in [1.82, 2.24) is 10.2 Å². The molecule has 1 fully saturated rings. The van der Waals surface area contributed by atoms with Gasteiger partial charge in [0, 0.05) is 32.7 Å². The Labute approximate surface area is 185 Å². The number of nitrogens with one attached hydrogen (secondary N) is 1. The summed E-state index contributed by atoms with van der Waals surface area (Å²) in [5.41, 5.74) is 2.38. The molecule has 1 aliphatic heterocycles. The van der Waals surface area contributed by atoms with Gasteiger partial charge in [0.15, 0.2) is 0 Å². The van der Waals surface area contributed by atoms with Crippen molar-refractivity contribution in [1.29, 1.82) is 0 Å². The van der Waals surface area contributed by atoms with Crippen LogP contribution < -0.4 is 10.2 Å². The van der Waals surface area contributed by atoms with E-state index in [4.69, 9.17) is 9.47 Å². The van der Waals surface area contributed by atoms with Crippen LogP contribution in [-0.4, -0.2) is 62.8 Å². The van der Waals surface area contributed by atoms with Crippen LogP contribution in [0.3, 0.4) is 0 Å². The highest BCUT2D eigenvalue weighted by Gasteiger charge is 2.32. The third kappa shape index (κ3) is 5.82. The van der Waals surface area contributed by atoms with E-state index >= 15 is 0 Å². The summed E-state index contributed by atoms with van der Waals surface area (Å²) < 4.78 is 25.1. The van der Waals surface area contributed by atoms with E-state index in [1.165, 1.54) is 17.9 Å². The fourth-order valence-corrected chi connectivity index (χ4v) is 3.40. The minimum absolute atomic E-state index is 0.206. The Balaban J connectivity index is 1.68. The molecular formula is C23H26FN3O5. The van der Waals surface area contributed by atoms with Crippen LogP contribution in [0, 0.1) is 5.82 Å². The molecule has 1 saturated heterocycles. The topological polar surface area (TPSA) is 88.2 Å². The zero-order valence-corrected chi connectivity index (χ0v) is 18.0. The molecule has 0 bridgehead atoms. The van der Waals surface area contributed by atoms with Gasteiger partial charge in [-0.15, -0.1) is 0 Å². The smallest absolute Gasteiger partial charge is 0.414 e. The Hall–Kier alpha value is -3.46. The number of cyclic esters (lactones) is 1. The van der Waals surface area contributed by atoms with Crippen LogP contribution in [0.15, 0.2) is 42.5 Å². The van der Waals surface area contributed by atoms with Crippen LogP contribution in [0.1, 0.15) is 12.5 Å². The van der Waals surface area contributed by atoms with E-state index in [1.807, 2.05) is 12.1 Å². The lowest BCUT2D eigenvalue weighted by atomic mass is 10.0. The van der Waals surface area contributed by atoms with Crippen molar-refractivity contribution in [3.05, 3.63) is 53.8 Å². The molecule has 2 aromatic carbocycles. The van der Waals surface area contributed by atoms with Crippen molar-refractivity contribution in [2.75, 3.05) is 38.3 Å². The van der Waals surface area contributed by atoms with Crippen LogP contribution in [0.4, 0.5) is 14.9 Å². The van der Waals surface area contributed by atoms with Crippen LogP contribution in [0.5, 0.6) is 0 Å². The lowest BCUT2D eigenvalue weighted by Gasteiger charge is -2.17. The first-order chi connectivity index (χ1) is 15.4. The highest BCUT2D eigenvalue weighted by atomic mass is 19.1. The average Bonchev–Trinajstić information content (AvgIpc) is 3.16. The fraction of sp³-hybridized carbons (Fsp3) is 0.348. The molecule has 0 unspecified atom stereocenters. The van der Waals surface area contributed by atoms with Gasteiger partial charge in [0.1, 0.15) is 11.9 Å². The van der Waals surface area contributed by atoms with Crippen molar-refractivity contribution >= 4 is 24.1 Å². The van der Waals surface area contributed by atoms with Crippen molar-refractivity contribution < 1.29 is 28.2 Å². The SMILES string of the molecule is COCCN(C=O)Cc1ccc(-c2ccc(N3C[C@H](CNC(C)=O)OC3=O)cc2F)cc1. The summed E-state index contributed by atoms with van der Waals surface area (Å²) >= 11 is 0. The van der Waals surface area contributed by atoms with Crippen LogP contribution in [0.25, 0.3) is 11.1 Å². The van der Waals surface area contributed by atoms with Gasteiger partial charge in [0.25, 0.3) is 0 Å². The zero-order chi connectivity index (χ0) is 23.1. The lowest BCUT2D eigenvalue weighted by molar-refractivity contribution is -0.120. The Kier molecular flexibility index (Phi) is 7.77. The molecule has 0 saturated carbocycles. The molecular weight excluding hydrogens is 417 g/mol. The van der Waals surface area contributed by atoms with Crippen molar-refractivity contribution in [2.45, 2.75) is 19.6 Å². The van der Waals surface area contributed by atoms with E-state index in [1.54, 1.807) is 36.3 Å². The Morgan fingerprint density at radius 3 is 2.69 bits per heavy atom. The van der Waals surface area contributed by atoms with Crippen LogP contribution >= 0.6 is 0 Å². The predicted octanol–water partition coefficient (Wildman–Crippen LogP) is 2.56. The number of ether oxygens (including phenoxy) is 2. The van der Waals surface area contributed by atoms with E-state index in [2.05, 4.69) is 5.32 Å². The monoisotopic (exact) mass is 443 g/mol. The average molecular weight is 443 g/mol. The van der Waals surface area contributed by atoms with Gasteiger partial charge >= 0.3 is 6.09 Å². The molecule has 170 valence electrons. The lowest BCUT2D eigenvalue weighted by Crippen LogP contribution is -2.33. The number of methoxy groups -OCH3 is 1. The van der Waals surface area contributed by atoms with Crippen molar-refractivity contribution in [3.63, 3.8) is 0 Å². The summed E-state index contributed by atoms with van der Waals surface area (Å²) in [6.07, 6.45) is -0.295. The summed E-state index contributed by atoms with van der Waals surface area (Å²) in [4.78, 5) is 37.3. The number of carbonyl (C=O) groups is 3. The molecule has 2 aromatic rings. The first-order valence-corrected chi connectivity index (χ1v) is 10.2. The van der Waals surface area contributed by atoms with Crippen LogP contribution in [0.2, 0.25) is 0 Å². The second-order valence-electron chi connectivity index (χ2n) is 7.48. The molecule has 0 spiro atoms. The molecule has 0 radical (unpaired) electrons. The molecule has 0 aliphatic carbocycles. The number of rotatable bonds is 10. The van der Waals surface area contributed by atoms with E-state index in [-0.39, 0.29) is 19.0 Å². The number of halogens is 1. The number of anilines is 1. The van der Waals surface area contributed by atoms with Crippen molar-refractivity contribution in [2.24, 2.45) is 0 Å². The number of carbonyl (C=O) groups excluding carboxylic acids is 3. The maximum Gasteiger partial charge on any atom is 0.414 e. The van der Waals surface area contributed by atoms with Gasteiger partial charge in [-0.2, -0.15) is 0 Å². The first kappa shape index (κ1) is 23.2. The molecule has 3 amide bonds. The molecule has 9 heteroatoms. The van der Waals surface area contributed by atoms with Gasteiger partial charge in [-0.1, -0.05) is 24.3 Å². The zero-order valence-electron chi connectivity index (χ0n) is 18.0. The van der Waals surface area contributed by atoms with E-state index < -0.39 is 18.0 Å². The Morgan fingerprint density at radius 2 is 2.06 bits per heavy atom. The second-order valence-corrected chi connectivity index (χ2v) is 7.48. The van der Waals surface area contributed by atoms with Gasteiger partial charge in [0.2, 0.25) is 12.3 Å². The predicted molar refractivity (Wildman–Crippen MR) is 116 cm³/mol. The standard InChI is InChI=1S/C23H26FN3O5/c1-16(29)25-12-20-14-27(23(30)32-20)19-7-8-21(22(24)11-19)18-5-3-17(4-6-18)13-26(15-28)9-10-31-2/h3-8,11,15,20H,9-10,12-14H2,1-2H3,(H,25,29)/t20-/m0/s1. The normalized spacial score (nSPS) is 15.4. The van der Waals surface area contributed by atoms with Gasteiger partial charge in [-0.3, -0.25) is 14.5 Å². The summed E-state index contributed by atoms with van der Waals surface area (Å²) in [7, 11) is 1.58. The fourth-order valence-electron chi connectivity index (χ4n) is 3.40. The quantitative estimate of drug-likeness (QED) is 0.571. The minimum atomic E-state index is -0.579. The number of benzene rings is 2. The van der Waals surface area contributed by atoms with Gasteiger partial charge in [0.05, 0.1) is 25.4 Å². The number of amides is 3. The highest BCUT2D eigenvalue weighted by molar-refractivity contribution is 5.90. The van der Waals surface area contributed by atoms with Gasteiger partial charge in [-0.05, 0) is 29.3 Å². The maximum atomic E-state index is 14.9. The number of nitrogens with zero attached hydrogens (tertiary/aromatic N) is 2. The highest BCUT2D eigenvalue weighted by Crippen LogP contribution is 2.29. The largest absolute Gasteiger partial charge is 0.442 e. The summed E-state index contributed by atoms with van der Waals surface area (Å²) in [5.74, 6) is -0.683. The molecule has 3 rings (SSSR count). The van der Waals surface area contributed by atoms with Gasteiger partial charge in [-0.25, -0.2) is 9.18 Å². The molecule has 8 nitrogen and oxygen atoms in total. The summed E-state index contributed by atoms with van der Waals surface area (Å²) in [6, 6.07) is 11.8. The summed E-state index contributed by atoms with van der Waals surface area (Å²) in [5, 5.41) is 2.61. The Morgan fingerprint density at radius 1 is 1.31 bits per heavy atom. The third-order valence-electron chi connectivity index (χ3n) is 5.10. The van der Waals surface area contributed by atoms with E-state index in [0.717, 1.165) is 12.0 Å². The number of hydrogen-bond acceptors (Lipinski definition) is 5. The molecule has 1 heterocycles. The van der Waals surface area contributed by atoms with Crippen LogP contribution in [-0.2, 0) is 25.6 Å². The maximum absolute atomic E-state index is 14.9. The second kappa shape index (κ2) is 10.7.